The molecule has 164 valence electrons. The average molecular weight is 451 g/mol. The van der Waals surface area contributed by atoms with Crippen LogP contribution in [0.25, 0.3) is 11.3 Å². The number of carbonyl (C=O) groups is 1. The summed E-state index contributed by atoms with van der Waals surface area (Å²) >= 11 is 6.45. The van der Waals surface area contributed by atoms with Gasteiger partial charge in [-0.1, -0.05) is 18.2 Å². The van der Waals surface area contributed by atoms with Crippen molar-refractivity contribution in [2.75, 3.05) is 23.3 Å². The molecule has 0 aliphatic carbocycles. The summed E-state index contributed by atoms with van der Waals surface area (Å²) < 4.78 is 14.1. The van der Waals surface area contributed by atoms with Crippen LogP contribution in [-0.2, 0) is 11.2 Å². The van der Waals surface area contributed by atoms with Crippen LogP contribution in [0.3, 0.4) is 0 Å². The molecule has 1 aromatic heterocycles. The first kappa shape index (κ1) is 22.0. The van der Waals surface area contributed by atoms with E-state index in [0.29, 0.717) is 22.8 Å². The maximum atomic E-state index is 14.1. The SMILES string of the molecule is C=CC(=O)Cc1cc(-c2ccnc(Nc3ccc(Cl)c(N4CCCCC4)c3)n2)ccc1F. The van der Waals surface area contributed by atoms with Gasteiger partial charge in [0.25, 0.3) is 0 Å². The molecule has 1 aliphatic rings. The van der Waals surface area contributed by atoms with E-state index in [-0.39, 0.29) is 12.2 Å². The Balaban J connectivity index is 1.57. The van der Waals surface area contributed by atoms with Crippen LogP contribution in [0.2, 0.25) is 5.02 Å². The molecule has 3 aromatic rings. The van der Waals surface area contributed by atoms with Crippen LogP contribution in [-0.4, -0.2) is 28.8 Å². The largest absolute Gasteiger partial charge is 0.370 e. The van der Waals surface area contributed by atoms with E-state index >= 15 is 0 Å². The average Bonchev–Trinajstić information content (AvgIpc) is 2.82. The normalized spacial score (nSPS) is 13.6. The summed E-state index contributed by atoms with van der Waals surface area (Å²) in [5.74, 6) is -0.247. The predicted octanol–water partition coefficient (Wildman–Crippen LogP) is 5.97. The maximum Gasteiger partial charge on any atom is 0.227 e. The Morgan fingerprint density at radius 2 is 1.97 bits per heavy atom. The van der Waals surface area contributed by atoms with Gasteiger partial charge in [-0.15, -0.1) is 0 Å². The van der Waals surface area contributed by atoms with E-state index in [2.05, 4.69) is 26.8 Å². The summed E-state index contributed by atoms with van der Waals surface area (Å²) in [5, 5.41) is 3.96. The molecule has 0 radical (unpaired) electrons. The molecule has 2 aromatic carbocycles. The number of ketones is 1. The first-order chi connectivity index (χ1) is 15.5. The molecule has 4 rings (SSSR count). The van der Waals surface area contributed by atoms with Crippen LogP contribution in [0.4, 0.5) is 21.7 Å². The van der Waals surface area contributed by atoms with Gasteiger partial charge in [0.2, 0.25) is 5.95 Å². The minimum atomic E-state index is -0.428. The lowest BCUT2D eigenvalue weighted by molar-refractivity contribution is -0.114. The zero-order chi connectivity index (χ0) is 22.5. The zero-order valence-corrected chi connectivity index (χ0v) is 18.4. The molecule has 7 heteroatoms. The number of nitrogens with zero attached hydrogens (tertiary/aromatic N) is 3. The highest BCUT2D eigenvalue weighted by molar-refractivity contribution is 6.33. The number of allylic oxidation sites excluding steroid dienone is 1. The maximum absolute atomic E-state index is 14.1. The standard InChI is InChI=1S/C25H24ClFN4O/c1-2-20(32)15-18-14-17(6-9-22(18)27)23-10-11-28-25(30-23)29-19-7-8-21(26)24(16-19)31-12-4-3-5-13-31/h2,6-11,14,16H,1,3-5,12-13,15H2,(H,28,29,30). The third-order valence-corrected chi connectivity index (χ3v) is 5.81. The summed E-state index contributed by atoms with van der Waals surface area (Å²) in [4.78, 5) is 22.9. The molecule has 1 fully saturated rings. The monoisotopic (exact) mass is 450 g/mol. The minimum absolute atomic E-state index is 0.0383. The highest BCUT2D eigenvalue weighted by Crippen LogP contribution is 2.32. The molecular weight excluding hydrogens is 427 g/mol. The molecule has 0 unspecified atom stereocenters. The fourth-order valence-corrected chi connectivity index (χ4v) is 4.04. The smallest absolute Gasteiger partial charge is 0.227 e. The number of rotatable bonds is 7. The number of nitrogens with one attached hydrogen (secondary N) is 1. The number of aromatic nitrogens is 2. The number of piperidine rings is 1. The molecule has 0 spiro atoms. The van der Waals surface area contributed by atoms with E-state index in [1.54, 1.807) is 24.4 Å². The summed E-state index contributed by atoms with van der Waals surface area (Å²) in [6.45, 7) is 5.44. The Kier molecular flexibility index (Phi) is 6.81. The molecule has 0 saturated carbocycles. The van der Waals surface area contributed by atoms with Gasteiger partial charge in [0.15, 0.2) is 5.78 Å². The van der Waals surface area contributed by atoms with Gasteiger partial charge in [-0.05, 0) is 73.4 Å². The second-order valence-electron chi connectivity index (χ2n) is 7.76. The highest BCUT2D eigenvalue weighted by Gasteiger charge is 2.15. The number of benzene rings is 2. The third-order valence-electron chi connectivity index (χ3n) is 5.49. The van der Waals surface area contributed by atoms with Gasteiger partial charge in [0, 0.05) is 37.0 Å². The number of carbonyl (C=O) groups excluding carboxylic acids is 1. The fraction of sp³-hybridized carbons (Fsp3) is 0.240. The molecule has 5 nitrogen and oxygen atoms in total. The van der Waals surface area contributed by atoms with Crippen molar-refractivity contribution < 1.29 is 9.18 Å². The lowest BCUT2D eigenvalue weighted by Crippen LogP contribution is -2.29. The van der Waals surface area contributed by atoms with E-state index in [1.807, 2.05) is 18.2 Å². The molecule has 1 aliphatic heterocycles. The van der Waals surface area contributed by atoms with E-state index in [9.17, 15) is 9.18 Å². The topological polar surface area (TPSA) is 58.1 Å². The summed E-state index contributed by atoms with van der Waals surface area (Å²) in [5.41, 5.74) is 3.48. The quantitative estimate of drug-likeness (QED) is 0.449. The Morgan fingerprint density at radius 1 is 1.16 bits per heavy atom. The number of anilines is 3. The lowest BCUT2D eigenvalue weighted by atomic mass is 10.0. The Morgan fingerprint density at radius 3 is 2.75 bits per heavy atom. The Labute approximate surface area is 192 Å². The van der Waals surface area contributed by atoms with Crippen molar-refractivity contribution >= 4 is 34.7 Å². The second kappa shape index (κ2) is 9.92. The van der Waals surface area contributed by atoms with Gasteiger partial charge in [-0.3, -0.25) is 4.79 Å². The van der Waals surface area contributed by atoms with E-state index < -0.39 is 5.82 Å². The van der Waals surface area contributed by atoms with E-state index in [0.717, 1.165) is 42.3 Å². The van der Waals surface area contributed by atoms with Crippen molar-refractivity contribution in [1.29, 1.82) is 0 Å². The number of hydrogen-bond acceptors (Lipinski definition) is 5. The zero-order valence-electron chi connectivity index (χ0n) is 17.7. The van der Waals surface area contributed by atoms with Gasteiger partial charge in [0.05, 0.1) is 16.4 Å². The molecule has 32 heavy (non-hydrogen) atoms. The van der Waals surface area contributed by atoms with Crippen LogP contribution in [0, 0.1) is 5.82 Å². The summed E-state index contributed by atoms with van der Waals surface area (Å²) in [6.07, 6.45) is 6.38. The molecule has 0 bridgehead atoms. The molecular formula is C25H24ClFN4O. The molecule has 1 N–H and O–H groups in total. The van der Waals surface area contributed by atoms with E-state index in [1.165, 1.54) is 18.6 Å². The van der Waals surface area contributed by atoms with Crippen LogP contribution in [0.1, 0.15) is 24.8 Å². The van der Waals surface area contributed by atoms with Crippen LogP contribution < -0.4 is 10.2 Å². The first-order valence-corrected chi connectivity index (χ1v) is 11.0. The summed E-state index contributed by atoms with van der Waals surface area (Å²) in [7, 11) is 0. The second-order valence-corrected chi connectivity index (χ2v) is 8.16. The van der Waals surface area contributed by atoms with Crippen LogP contribution >= 0.6 is 11.6 Å². The highest BCUT2D eigenvalue weighted by atomic mass is 35.5. The third kappa shape index (κ3) is 5.14. The van der Waals surface area contributed by atoms with Crippen molar-refractivity contribution in [2.24, 2.45) is 0 Å². The van der Waals surface area contributed by atoms with Crippen molar-refractivity contribution in [1.82, 2.24) is 9.97 Å². The Hall–Kier alpha value is -3.25. The van der Waals surface area contributed by atoms with Crippen molar-refractivity contribution in [3.63, 3.8) is 0 Å². The van der Waals surface area contributed by atoms with E-state index in [4.69, 9.17) is 11.6 Å². The van der Waals surface area contributed by atoms with Gasteiger partial charge in [-0.2, -0.15) is 0 Å². The minimum Gasteiger partial charge on any atom is -0.370 e. The van der Waals surface area contributed by atoms with Crippen molar-refractivity contribution in [2.45, 2.75) is 25.7 Å². The number of halogens is 2. The molecule has 2 heterocycles. The summed E-state index contributed by atoms with van der Waals surface area (Å²) in [6, 6.07) is 12.2. The van der Waals surface area contributed by atoms with Crippen molar-refractivity contribution in [3.8, 4) is 11.3 Å². The first-order valence-electron chi connectivity index (χ1n) is 10.6. The lowest BCUT2D eigenvalue weighted by Gasteiger charge is -2.30. The van der Waals surface area contributed by atoms with Crippen LogP contribution in [0.15, 0.2) is 61.3 Å². The van der Waals surface area contributed by atoms with Crippen molar-refractivity contribution in [3.05, 3.63) is 77.7 Å². The van der Waals surface area contributed by atoms with Crippen LogP contribution in [0.5, 0.6) is 0 Å². The van der Waals surface area contributed by atoms with Gasteiger partial charge < -0.3 is 10.2 Å². The number of hydrogen-bond donors (Lipinski definition) is 1. The predicted molar refractivity (Wildman–Crippen MR) is 127 cm³/mol. The fourth-order valence-electron chi connectivity index (χ4n) is 3.81. The molecule has 0 atom stereocenters. The Bertz CT molecular complexity index is 1140. The molecule has 0 amide bonds. The molecule has 1 saturated heterocycles. The van der Waals surface area contributed by atoms with Gasteiger partial charge >= 0.3 is 0 Å². The van der Waals surface area contributed by atoms with Gasteiger partial charge in [-0.25, -0.2) is 14.4 Å². The van der Waals surface area contributed by atoms with Gasteiger partial charge in [0.1, 0.15) is 5.82 Å².